The number of benzene rings is 5. The quantitative estimate of drug-likeness (QED) is 0.0376. The molecule has 0 atom stereocenters. The van der Waals surface area contributed by atoms with Crippen molar-refractivity contribution in [3.63, 3.8) is 0 Å². The third-order valence-electron chi connectivity index (χ3n) is 11.9. The highest BCUT2D eigenvalue weighted by molar-refractivity contribution is 7.25. The molecule has 10 nitrogen and oxygen atoms in total. The number of thiophene rings is 2. The third kappa shape index (κ3) is 11.7. The molecule has 12 heteroatoms. The van der Waals surface area contributed by atoms with Gasteiger partial charge in [0.25, 0.3) is 0 Å². The number of aliphatic carboxylic acids is 1. The van der Waals surface area contributed by atoms with E-state index in [1.807, 2.05) is 84.9 Å². The monoisotopic (exact) mass is 968 g/mol. The zero-order chi connectivity index (χ0) is 48.8. The first-order chi connectivity index (χ1) is 34.3. The molecular formula is C58H56N4O6S2. The van der Waals surface area contributed by atoms with Gasteiger partial charge in [0.1, 0.15) is 45.7 Å². The molecule has 5 aromatic carbocycles. The molecule has 356 valence electrons. The van der Waals surface area contributed by atoms with E-state index in [-0.39, 0.29) is 5.57 Å². The number of carboxylic acid groups (broad SMARTS) is 1. The molecule has 0 unspecified atom stereocenters. The largest absolute Gasteiger partial charge is 0.497 e. The number of methoxy groups -OCH3 is 2. The Balaban J connectivity index is 1.23. The Morgan fingerprint density at radius 2 is 1.01 bits per heavy atom. The van der Waals surface area contributed by atoms with E-state index in [4.69, 9.17) is 28.9 Å². The Morgan fingerprint density at radius 3 is 1.46 bits per heavy atom. The fraction of sp³-hybridized carbons (Fsp3) is 0.241. The lowest BCUT2D eigenvalue weighted by Gasteiger charge is -2.26. The number of ether oxygens (including phenoxy) is 4. The molecular weight excluding hydrogens is 913 g/mol. The topological polar surface area (TPSA) is 127 Å². The van der Waals surface area contributed by atoms with E-state index in [1.54, 1.807) is 31.6 Å². The molecule has 0 fully saturated rings. The first kappa shape index (κ1) is 49.0. The van der Waals surface area contributed by atoms with Crippen molar-refractivity contribution in [3.05, 3.63) is 144 Å². The maximum Gasteiger partial charge on any atom is 0.346 e. The minimum atomic E-state index is -1.28. The summed E-state index contributed by atoms with van der Waals surface area (Å²) in [7, 11) is 3.28. The number of nitrogens with zero attached hydrogens (tertiary/aromatic N) is 4. The van der Waals surface area contributed by atoms with Crippen molar-refractivity contribution in [2.45, 2.75) is 65.2 Å². The molecule has 70 heavy (non-hydrogen) atoms. The van der Waals surface area contributed by atoms with E-state index < -0.39 is 5.97 Å². The molecule has 0 bridgehead atoms. The molecule has 0 aliphatic rings. The van der Waals surface area contributed by atoms with Crippen LogP contribution in [0.4, 0.5) is 17.1 Å². The van der Waals surface area contributed by atoms with Crippen molar-refractivity contribution in [1.82, 2.24) is 9.97 Å². The molecule has 0 saturated heterocycles. The van der Waals surface area contributed by atoms with Crippen LogP contribution < -0.4 is 23.8 Å². The number of nitriles is 1. The zero-order valence-corrected chi connectivity index (χ0v) is 41.6. The second kappa shape index (κ2) is 23.7. The van der Waals surface area contributed by atoms with Crippen LogP contribution in [0.25, 0.3) is 59.8 Å². The van der Waals surface area contributed by atoms with Crippen LogP contribution in [0.15, 0.2) is 139 Å². The number of hydrogen-bond acceptors (Lipinski definition) is 11. The Bertz CT molecular complexity index is 3010. The number of rotatable bonds is 23. The number of anilines is 3. The lowest BCUT2D eigenvalue weighted by Crippen LogP contribution is -2.10. The summed E-state index contributed by atoms with van der Waals surface area (Å²) in [5.41, 5.74) is 8.06. The predicted octanol–water partition coefficient (Wildman–Crippen LogP) is 15.8. The number of hydrogen-bond donors (Lipinski definition) is 1. The summed E-state index contributed by atoms with van der Waals surface area (Å²) in [6.45, 7) is 5.81. The fourth-order valence-electron chi connectivity index (χ4n) is 8.08. The van der Waals surface area contributed by atoms with Crippen molar-refractivity contribution in [2.24, 2.45) is 0 Å². The van der Waals surface area contributed by atoms with Crippen LogP contribution in [-0.4, -0.2) is 48.5 Å². The third-order valence-corrected chi connectivity index (χ3v) is 14.3. The molecule has 3 heterocycles. The smallest absolute Gasteiger partial charge is 0.346 e. The van der Waals surface area contributed by atoms with Gasteiger partial charge in [-0.2, -0.15) is 5.26 Å². The minimum Gasteiger partial charge on any atom is -0.497 e. The highest BCUT2D eigenvalue weighted by Gasteiger charge is 2.24. The van der Waals surface area contributed by atoms with Gasteiger partial charge in [0.15, 0.2) is 0 Å². The molecule has 8 rings (SSSR count). The second-order valence-electron chi connectivity index (χ2n) is 16.7. The van der Waals surface area contributed by atoms with E-state index >= 15 is 0 Å². The number of unbranched alkanes of at least 4 members (excludes halogenated alkanes) is 6. The Hall–Kier alpha value is -7.46. The van der Waals surface area contributed by atoms with Gasteiger partial charge >= 0.3 is 5.97 Å². The summed E-state index contributed by atoms with van der Waals surface area (Å²) in [4.78, 5) is 28.3. The average molecular weight is 969 g/mol. The van der Waals surface area contributed by atoms with E-state index in [0.717, 1.165) is 103 Å². The van der Waals surface area contributed by atoms with Crippen molar-refractivity contribution in [3.8, 4) is 71.8 Å². The normalized spacial score (nSPS) is 11.3. The molecule has 8 aromatic rings. The molecule has 0 spiro atoms. The van der Waals surface area contributed by atoms with E-state index in [0.29, 0.717) is 35.0 Å². The lowest BCUT2D eigenvalue weighted by atomic mass is 10.0. The standard InChI is InChI=1S/C58H56N4O6S2/c1-5-7-9-11-35-67-48-29-21-44(22-30-48)62(45-23-31-49(32-24-45)68-36-12-10-8-6-2)43-19-13-41(14-20-43)56-54-55(57(70-56)51-34-33-50(69-51)37-42(38-59)58(63)64)61-53(40-17-27-47(66-4)28-18-40)52(60-54)39-15-25-46(65-3)26-16-39/h13-34,37H,5-12,35-36H2,1-4H3,(H,63,64)/b42-37-. The summed E-state index contributed by atoms with van der Waals surface area (Å²) >= 11 is 2.97. The van der Waals surface area contributed by atoms with Crippen molar-refractivity contribution < 1.29 is 28.8 Å². The van der Waals surface area contributed by atoms with Crippen LogP contribution in [0.1, 0.15) is 70.1 Å². The zero-order valence-electron chi connectivity index (χ0n) is 39.9. The number of carbonyl (C=O) groups is 1. The van der Waals surface area contributed by atoms with Crippen LogP contribution in [0.3, 0.4) is 0 Å². The summed E-state index contributed by atoms with van der Waals surface area (Å²) in [5, 5.41) is 19.2. The lowest BCUT2D eigenvalue weighted by molar-refractivity contribution is -0.132. The first-order valence-corrected chi connectivity index (χ1v) is 25.4. The molecule has 3 aromatic heterocycles. The van der Waals surface area contributed by atoms with Gasteiger partial charge in [-0.1, -0.05) is 64.5 Å². The van der Waals surface area contributed by atoms with Gasteiger partial charge in [0, 0.05) is 37.9 Å². The van der Waals surface area contributed by atoms with Crippen molar-refractivity contribution >= 4 is 62.8 Å². The van der Waals surface area contributed by atoms with Crippen molar-refractivity contribution in [2.75, 3.05) is 32.3 Å². The SMILES string of the molecule is CCCCCCOc1ccc(N(c2ccc(OCCCCCC)cc2)c2ccc(-c3sc(-c4ccc(/C=C(/C#N)C(=O)O)s4)c4nc(-c5ccc(OC)cc5)c(-c5ccc(OC)cc5)nc34)cc2)cc1. The summed E-state index contributed by atoms with van der Waals surface area (Å²) in [6, 6.07) is 46.2. The molecule has 0 radical (unpaired) electrons. The van der Waals surface area contributed by atoms with E-state index in [2.05, 4.69) is 67.3 Å². The minimum absolute atomic E-state index is 0.339. The van der Waals surface area contributed by atoms with Crippen molar-refractivity contribution in [1.29, 1.82) is 5.26 Å². The van der Waals surface area contributed by atoms with Gasteiger partial charge in [-0.3, -0.25) is 0 Å². The first-order valence-electron chi connectivity index (χ1n) is 23.8. The van der Waals surface area contributed by atoms with Gasteiger partial charge in [-0.15, -0.1) is 22.7 Å². The number of carboxylic acids is 1. The maximum absolute atomic E-state index is 11.8. The van der Waals surface area contributed by atoms with E-state index in [1.165, 1.54) is 43.1 Å². The molecule has 0 aliphatic carbocycles. The van der Waals surface area contributed by atoms with E-state index in [9.17, 15) is 15.2 Å². The van der Waals surface area contributed by atoms with Gasteiger partial charge < -0.3 is 29.0 Å². The summed E-state index contributed by atoms with van der Waals surface area (Å²) in [6.07, 6.45) is 10.6. The van der Waals surface area contributed by atoms with Crippen LogP contribution in [-0.2, 0) is 4.79 Å². The van der Waals surface area contributed by atoms with Gasteiger partial charge in [-0.25, -0.2) is 14.8 Å². The Labute approximate surface area is 418 Å². The maximum atomic E-state index is 11.8. The fourth-order valence-corrected chi connectivity index (χ4v) is 10.3. The summed E-state index contributed by atoms with van der Waals surface area (Å²) < 4.78 is 23.3. The Kier molecular flexibility index (Phi) is 16.6. The predicted molar refractivity (Wildman–Crippen MR) is 285 cm³/mol. The van der Waals surface area contributed by atoms with Crippen LogP contribution in [0, 0.1) is 11.3 Å². The second-order valence-corrected chi connectivity index (χ2v) is 18.8. The number of aromatic nitrogens is 2. The van der Waals surface area contributed by atoms with Crippen LogP contribution >= 0.6 is 22.7 Å². The van der Waals surface area contributed by atoms with Crippen LogP contribution in [0.2, 0.25) is 0 Å². The highest BCUT2D eigenvalue weighted by Crippen LogP contribution is 2.48. The van der Waals surface area contributed by atoms with Crippen LogP contribution in [0.5, 0.6) is 23.0 Å². The Morgan fingerprint density at radius 1 is 0.571 bits per heavy atom. The molecule has 0 aliphatic heterocycles. The molecule has 0 saturated carbocycles. The number of fused-ring (bicyclic) bond motifs is 1. The molecule has 0 amide bonds. The highest BCUT2D eigenvalue weighted by atomic mass is 32.1. The summed E-state index contributed by atoms with van der Waals surface area (Å²) in [5.74, 6) is 1.86. The van der Waals surface area contributed by atoms with Gasteiger partial charge in [0.2, 0.25) is 0 Å². The average Bonchev–Trinajstić information content (AvgIpc) is 4.03. The van der Waals surface area contributed by atoms with Gasteiger partial charge in [0.05, 0.1) is 48.6 Å². The molecule has 1 N–H and O–H groups in total. The van der Waals surface area contributed by atoms with Gasteiger partial charge in [-0.05, 0) is 146 Å².